The third-order valence-electron chi connectivity index (χ3n) is 2.49. The highest BCUT2D eigenvalue weighted by atomic mass is 35.5. The highest BCUT2D eigenvalue weighted by Crippen LogP contribution is 2.23. The Labute approximate surface area is 126 Å². The highest BCUT2D eigenvalue weighted by molar-refractivity contribution is 7.89. The second-order valence-electron chi connectivity index (χ2n) is 4.21. The molecule has 1 unspecified atom stereocenters. The molecule has 0 aliphatic carbocycles. The molecule has 9 heteroatoms. The Kier molecular flexibility index (Phi) is 4.28. The molecule has 6 nitrogen and oxygen atoms in total. The van der Waals surface area contributed by atoms with Gasteiger partial charge in [0.15, 0.2) is 0 Å². The molecular formula is C11H13ClN4O2S2. The van der Waals surface area contributed by atoms with E-state index in [1.807, 2.05) is 12.3 Å². The van der Waals surface area contributed by atoms with Crippen molar-refractivity contribution in [3.63, 3.8) is 0 Å². The molecule has 0 aromatic carbocycles. The van der Waals surface area contributed by atoms with Gasteiger partial charge in [0.05, 0.1) is 11.1 Å². The molecule has 0 aliphatic heterocycles. The van der Waals surface area contributed by atoms with Gasteiger partial charge in [-0.3, -0.25) is 0 Å². The van der Waals surface area contributed by atoms with Crippen molar-refractivity contribution < 1.29 is 8.42 Å². The van der Waals surface area contributed by atoms with E-state index in [1.54, 1.807) is 6.92 Å². The van der Waals surface area contributed by atoms with E-state index >= 15 is 0 Å². The maximum absolute atomic E-state index is 12.2. The summed E-state index contributed by atoms with van der Waals surface area (Å²) in [7, 11) is -3.72. The van der Waals surface area contributed by atoms with Crippen LogP contribution in [0.5, 0.6) is 0 Å². The fourth-order valence-corrected chi connectivity index (χ4v) is 3.79. The number of hydrogen-bond acceptors (Lipinski definition) is 6. The number of thiazole rings is 1. The Morgan fingerprint density at radius 1 is 1.50 bits per heavy atom. The molecule has 3 N–H and O–H groups in total. The molecule has 2 heterocycles. The molecule has 0 fully saturated rings. The number of halogens is 1. The number of nitrogens with one attached hydrogen (secondary N) is 1. The summed E-state index contributed by atoms with van der Waals surface area (Å²) in [6.07, 6.45) is 1.17. The van der Waals surface area contributed by atoms with Crippen LogP contribution in [0.3, 0.4) is 0 Å². The van der Waals surface area contributed by atoms with Crippen LogP contribution < -0.4 is 10.5 Å². The van der Waals surface area contributed by atoms with Gasteiger partial charge in [-0.15, -0.1) is 11.3 Å². The van der Waals surface area contributed by atoms with Gasteiger partial charge in [0, 0.05) is 17.3 Å². The van der Waals surface area contributed by atoms with Gasteiger partial charge < -0.3 is 5.73 Å². The molecule has 2 rings (SSSR count). The average Bonchev–Trinajstić information content (AvgIpc) is 2.79. The van der Waals surface area contributed by atoms with Crippen LogP contribution in [0.25, 0.3) is 0 Å². The van der Waals surface area contributed by atoms with E-state index in [2.05, 4.69) is 14.7 Å². The van der Waals surface area contributed by atoms with Crippen LogP contribution in [0.1, 0.15) is 23.7 Å². The summed E-state index contributed by atoms with van der Waals surface area (Å²) in [4.78, 5) is 7.96. The Morgan fingerprint density at radius 2 is 2.20 bits per heavy atom. The number of aryl methyl sites for hydroxylation is 1. The maximum Gasteiger partial charge on any atom is 0.242 e. The third-order valence-corrected chi connectivity index (χ3v) is 5.45. The van der Waals surface area contributed by atoms with E-state index in [0.29, 0.717) is 5.01 Å². The van der Waals surface area contributed by atoms with Crippen molar-refractivity contribution in [2.24, 2.45) is 0 Å². The summed E-state index contributed by atoms with van der Waals surface area (Å²) < 4.78 is 27.0. The number of pyridine rings is 1. The van der Waals surface area contributed by atoms with Crippen LogP contribution in [0.4, 0.5) is 5.82 Å². The zero-order valence-corrected chi connectivity index (χ0v) is 13.2. The summed E-state index contributed by atoms with van der Waals surface area (Å²) >= 11 is 7.19. The van der Waals surface area contributed by atoms with Gasteiger partial charge in [0.25, 0.3) is 0 Å². The number of nitrogens with zero attached hydrogens (tertiary/aromatic N) is 2. The molecule has 20 heavy (non-hydrogen) atoms. The van der Waals surface area contributed by atoms with Gasteiger partial charge in [-0.25, -0.2) is 23.1 Å². The van der Waals surface area contributed by atoms with Crippen molar-refractivity contribution in [2.75, 3.05) is 5.73 Å². The fraction of sp³-hybridized carbons (Fsp3) is 0.273. The minimum atomic E-state index is -3.72. The second kappa shape index (κ2) is 5.65. The van der Waals surface area contributed by atoms with Crippen LogP contribution in [0.2, 0.25) is 5.02 Å². The van der Waals surface area contributed by atoms with Gasteiger partial charge >= 0.3 is 0 Å². The molecule has 2 aromatic rings. The van der Waals surface area contributed by atoms with Crippen LogP contribution >= 0.6 is 22.9 Å². The molecule has 0 radical (unpaired) electrons. The minimum absolute atomic E-state index is 0.0307. The molecule has 0 aliphatic rings. The number of aromatic nitrogens is 2. The quantitative estimate of drug-likeness (QED) is 0.893. The van der Waals surface area contributed by atoms with Crippen LogP contribution in [0, 0.1) is 6.92 Å². The maximum atomic E-state index is 12.2. The van der Waals surface area contributed by atoms with Gasteiger partial charge in [-0.05, 0) is 19.9 Å². The first-order valence-electron chi connectivity index (χ1n) is 5.65. The smallest absolute Gasteiger partial charge is 0.242 e. The minimum Gasteiger partial charge on any atom is -0.382 e. The lowest BCUT2D eigenvalue weighted by molar-refractivity contribution is 0.566. The topological polar surface area (TPSA) is 98.0 Å². The largest absolute Gasteiger partial charge is 0.382 e. The van der Waals surface area contributed by atoms with E-state index in [0.717, 1.165) is 5.69 Å². The summed E-state index contributed by atoms with van der Waals surface area (Å²) in [5.74, 6) is 0.0919. The van der Waals surface area contributed by atoms with Crippen LogP contribution in [-0.2, 0) is 10.0 Å². The van der Waals surface area contributed by atoms with Gasteiger partial charge in [0.1, 0.15) is 15.7 Å². The lowest BCUT2D eigenvalue weighted by Crippen LogP contribution is -2.27. The Bertz CT molecular complexity index is 730. The predicted molar refractivity (Wildman–Crippen MR) is 79.2 cm³/mol. The number of anilines is 1. The molecule has 2 aromatic heterocycles. The SMILES string of the molecule is Cc1csc(C(C)NS(=O)(=O)c2cnc(N)c(Cl)c2)n1. The molecule has 1 atom stereocenters. The molecule has 0 spiro atoms. The van der Waals surface area contributed by atoms with Crippen LogP contribution in [0.15, 0.2) is 22.5 Å². The standard InChI is InChI=1S/C11H13ClN4O2S2/c1-6-5-19-11(15-6)7(2)16-20(17,18)8-3-9(12)10(13)14-4-8/h3-5,7,16H,1-2H3,(H2,13,14). The summed E-state index contributed by atoms with van der Waals surface area (Å²) in [5, 5.41) is 2.66. The first kappa shape index (κ1) is 15.2. The van der Waals surface area contributed by atoms with Crippen LogP contribution in [-0.4, -0.2) is 18.4 Å². The van der Waals surface area contributed by atoms with E-state index in [1.165, 1.54) is 23.6 Å². The molecule has 108 valence electrons. The van der Waals surface area contributed by atoms with Crippen molar-refractivity contribution in [1.29, 1.82) is 0 Å². The molecule has 0 saturated heterocycles. The van der Waals surface area contributed by atoms with Gasteiger partial charge in [-0.2, -0.15) is 0 Å². The lowest BCUT2D eigenvalue weighted by Gasteiger charge is -2.12. The summed E-state index contributed by atoms with van der Waals surface area (Å²) in [5.41, 5.74) is 6.32. The fourth-order valence-electron chi connectivity index (χ4n) is 1.50. The van der Waals surface area contributed by atoms with Crippen molar-refractivity contribution in [2.45, 2.75) is 24.8 Å². The number of rotatable bonds is 4. The molecular weight excluding hydrogens is 320 g/mol. The number of nitrogens with two attached hydrogens (primary N) is 1. The summed E-state index contributed by atoms with van der Waals surface area (Å²) in [6, 6.07) is 0.835. The monoisotopic (exact) mass is 332 g/mol. The lowest BCUT2D eigenvalue weighted by atomic mass is 10.4. The Hall–Kier alpha value is -1.22. The number of nitrogen functional groups attached to an aromatic ring is 1. The molecule has 0 saturated carbocycles. The van der Waals surface area contributed by atoms with Crippen molar-refractivity contribution >= 4 is 38.8 Å². The second-order valence-corrected chi connectivity index (χ2v) is 7.22. The van der Waals surface area contributed by atoms with Gasteiger partial charge in [0.2, 0.25) is 10.0 Å². The van der Waals surface area contributed by atoms with Crippen molar-refractivity contribution in [3.8, 4) is 0 Å². The van der Waals surface area contributed by atoms with Gasteiger partial charge in [-0.1, -0.05) is 11.6 Å². The van der Waals surface area contributed by atoms with E-state index < -0.39 is 16.1 Å². The van der Waals surface area contributed by atoms with Crippen molar-refractivity contribution in [3.05, 3.63) is 33.4 Å². The summed E-state index contributed by atoms with van der Waals surface area (Å²) in [6.45, 7) is 3.58. The zero-order chi connectivity index (χ0) is 14.9. The Morgan fingerprint density at radius 3 is 2.75 bits per heavy atom. The van der Waals surface area contributed by atoms with E-state index in [4.69, 9.17) is 17.3 Å². The van der Waals surface area contributed by atoms with E-state index in [9.17, 15) is 8.42 Å². The first-order chi connectivity index (χ1) is 9.29. The number of sulfonamides is 1. The normalized spacial score (nSPS) is 13.3. The first-order valence-corrected chi connectivity index (χ1v) is 8.39. The Balaban J connectivity index is 2.24. The highest BCUT2D eigenvalue weighted by Gasteiger charge is 2.21. The van der Waals surface area contributed by atoms with Crippen molar-refractivity contribution in [1.82, 2.24) is 14.7 Å². The molecule has 0 bridgehead atoms. The number of hydrogen-bond donors (Lipinski definition) is 2. The predicted octanol–water partition coefficient (Wildman–Crippen LogP) is 2.12. The zero-order valence-electron chi connectivity index (χ0n) is 10.8. The van der Waals surface area contributed by atoms with E-state index in [-0.39, 0.29) is 15.7 Å². The molecule has 0 amide bonds. The third kappa shape index (κ3) is 3.26. The average molecular weight is 333 g/mol.